The van der Waals surface area contributed by atoms with E-state index >= 15 is 0 Å². The van der Waals surface area contributed by atoms with Crippen LogP contribution in [0.2, 0.25) is 0 Å². The third-order valence-corrected chi connectivity index (χ3v) is 6.66. The molecule has 0 saturated carbocycles. The van der Waals surface area contributed by atoms with Crippen LogP contribution in [0.3, 0.4) is 0 Å². The van der Waals surface area contributed by atoms with Crippen LogP contribution in [0.1, 0.15) is 25.3 Å². The summed E-state index contributed by atoms with van der Waals surface area (Å²) in [7, 11) is 0. The first kappa shape index (κ1) is 20.7. The number of carbonyl (C=O) groups excluding carboxylic acids is 1. The second kappa shape index (κ2) is 8.36. The summed E-state index contributed by atoms with van der Waals surface area (Å²) in [6.07, 6.45) is 2.47. The van der Waals surface area contributed by atoms with E-state index in [0.717, 1.165) is 29.5 Å². The smallest absolute Gasteiger partial charge is 0.352 e. The van der Waals surface area contributed by atoms with Crippen molar-refractivity contribution in [3.63, 3.8) is 0 Å². The Kier molecular flexibility index (Phi) is 5.40. The van der Waals surface area contributed by atoms with Crippen molar-refractivity contribution in [1.29, 1.82) is 0 Å². The van der Waals surface area contributed by atoms with E-state index in [-0.39, 0.29) is 29.9 Å². The van der Waals surface area contributed by atoms with Gasteiger partial charge in [0.2, 0.25) is 11.7 Å². The number of nitrogens with zero attached hydrogens (tertiary/aromatic N) is 4. The van der Waals surface area contributed by atoms with Crippen molar-refractivity contribution in [1.82, 2.24) is 18.7 Å². The molecule has 3 aromatic heterocycles. The molecule has 1 N–H and O–H groups in total. The molecule has 0 radical (unpaired) electrons. The van der Waals surface area contributed by atoms with Gasteiger partial charge in [-0.3, -0.25) is 14.2 Å². The highest BCUT2D eigenvalue weighted by Gasteiger charge is 2.23. The van der Waals surface area contributed by atoms with E-state index in [4.69, 9.17) is 4.74 Å². The van der Waals surface area contributed by atoms with Gasteiger partial charge in [-0.25, -0.2) is 13.9 Å². The van der Waals surface area contributed by atoms with E-state index in [1.54, 1.807) is 11.4 Å². The van der Waals surface area contributed by atoms with Crippen LogP contribution in [-0.2, 0) is 29.0 Å². The second-order valence-corrected chi connectivity index (χ2v) is 8.74. The van der Waals surface area contributed by atoms with E-state index in [1.807, 2.05) is 31.2 Å². The molecule has 1 saturated heterocycles. The number of aryl methyl sites for hydroxylation is 1. The van der Waals surface area contributed by atoms with Gasteiger partial charge in [0.05, 0.1) is 18.2 Å². The molecule has 1 aliphatic rings. The molecule has 1 fully saturated rings. The first-order valence-corrected chi connectivity index (χ1v) is 11.5. The summed E-state index contributed by atoms with van der Waals surface area (Å²) in [5.74, 6) is -0.130. The van der Waals surface area contributed by atoms with E-state index in [1.165, 1.54) is 20.3 Å². The number of aromatic nitrogens is 4. The Morgan fingerprint density at radius 3 is 2.91 bits per heavy atom. The van der Waals surface area contributed by atoms with Crippen molar-refractivity contribution in [2.75, 3.05) is 11.9 Å². The van der Waals surface area contributed by atoms with Crippen LogP contribution in [0.25, 0.3) is 16.0 Å². The van der Waals surface area contributed by atoms with Crippen molar-refractivity contribution >= 4 is 38.9 Å². The molecular weight excluding hydrogens is 430 g/mol. The number of carbonyl (C=O) groups is 1. The lowest BCUT2D eigenvalue weighted by atomic mass is 10.1. The number of anilines is 1. The fourth-order valence-corrected chi connectivity index (χ4v) is 4.99. The zero-order valence-corrected chi connectivity index (χ0v) is 18.4. The predicted molar refractivity (Wildman–Crippen MR) is 123 cm³/mol. The van der Waals surface area contributed by atoms with E-state index in [2.05, 4.69) is 10.4 Å². The van der Waals surface area contributed by atoms with Gasteiger partial charge in [-0.2, -0.15) is 0 Å². The average Bonchev–Trinajstić information content (AvgIpc) is 3.53. The summed E-state index contributed by atoms with van der Waals surface area (Å²) in [5.41, 5.74) is 1.58. The number of nitrogens with one attached hydrogen (secondary N) is 1. The monoisotopic (exact) mass is 453 g/mol. The van der Waals surface area contributed by atoms with Crippen LogP contribution >= 0.6 is 11.3 Å². The molecule has 1 amide bonds. The fraction of sp³-hybridized carbons (Fsp3) is 0.364. The molecule has 1 atom stereocenters. The van der Waals surface area contributed by atoms with Crippen LogP contribution < -0.4 is 16.6 Å². The summed E-state index contributed by atoms with van der Waals surface area (Å²) in [4.78, 5) is 39.0. The number of ether oxygens (including phenoxy) is 1. The lowest BCUT2D eigenvalue weighted by Crippen LogP contribution is -2.30. The largest absolute Gasteiger partial charge is 0.376 e. The van der Waals surface area contributed by atoms with Gasteiger partial charge in [0.1, 0.15) is 11.2 Å². The molecular formula is C22H23N5O4S. The molecule has 9 nitrogen and oxygen atoms in total. The quantitative estimate of drug-likeness (QED) is 0.483. The number of para-hydroxylation sites is 1. The maximum Gasteiger partial charge on any atom is 0.352 e. The molecule has 166 valence electrons. The zero-order chi connectivity index (χ0) is 22.2. The Morgan fingerprint density at radius 2 is 2.12 bits per heavy atom. The Labute approximate surface area is 186 Å². The van der Waals surface area contributed by atoms with Crippen molar-refractivity contribution < 1.29 is 9.53 Å². The SMILES string of the molecule is CCc1ccccc1NC(=O)Cn1nc2n(CC3CCCO3)c(=O)c3sccc3n2c1=O. The van der Waals surface area contributed by atoms with E-state index in [0.29, 0.717) is 29.1 Å². The maximum atomic E-state index is 13.2. The number of thiophene rings is 1. The third-order valence-electron chi connectivity index (χ3n) is 5.76. The fourth-order valence-electron chi connectivity index (χ4n) is 4.17. The molecule has 1 unspecified atom stereocenters. The number of amides is 1. The molecule has 1 aromatic carbocycles. The molecule has 0 bridgehead atoms. The molecule has 4 aromatic rings. The van der Waals surface area contributed by atoms with E-state index in [9.17, 15) is 14.4 Å². The minimum atomic E-state index is -0.455. The zero-order valence-electron chi connectivity index (χ0n) is 17.6. The number of rotatable bonds is 6. The van der Waals surface area contributed by atoms with Gasteiger partial charge in [-0.05, 0) is 42.3 Å². The second-order valence-electron chi connectivity index (χ2n) is 7.82. The normalized spacial score (nSPS) is 16.2. The van der Waals surface area contributed by atoms with Crippen LogP contribution in [0.5, 0.6) is 0 Å². The van der Waals surface area contributed by atoms with Gasteiger partial charge < -0.3 is 10.1 Å². The van der Waals surface area contributed by atoms with Crippen LogP contribution in [0.15, 0.2) is 45.3 Å². The molecule has 4 heterocycles. The summed E-state index contributed by atoms with van der Waals surface area (Å²) >= 11 is 1.29. The van der Waals surface area contributed by atoms with Gasteiger partial charge in [-0.15, -0.1) is 16.4 Å². The predicted octanol–water partition coefficient (Wildman–Crippen LogP) is 2.25. The third kappa shape index (κ3) is 3.55. The van der Waals surface area contributed by atoms with Crippen LogP contribution in [-0.4, -0.2) is 37.4 Å². The topological polar surface area (TPSA) is 99.6 Å². The summed E-state index contributed by atoms with van der Waals surface area (Å²) in [6.45, 7) is 2.75. The van der Waals surface area contributed by atoms with Crippen molar-refractivity contribution in [2.24, 2.45) is 0 Å². The highest BCUT2D eigenvalue weighted by atomic mass is 32.1. The molecule has 32 heavy (non-hydrogen) atoms. The van der Waals surface area contributed by atoms with Gasteiger partial charge in [-0.1, -0.05) is 25.1 Å². The summed E-state index contributed by atoms with van der Waals surface area (Å²) < 4.78 is 10.2. The molecule has 5 rings (SSSR count). The van der Waals surface area contributed by atoms with Crippen LogP contribution in [0.4, 0.5) is 5.69 Å². The lowest BCUT2D eigenvalue weighted by Gasteiger charge is -2.12. The number of benzene rings is 1. The molecule has 10 heteroatoms. The molecule has 1 aliphatic heterocycles. The van der Waals surface area contributed by atoms with Gasteiger partial charge in [0, 0.05) is 12.3 Å². The molecule has 0 aliphatic carbocycles. The van der Waals surface area contributed by atoms with Crippen molar-refractivity contribution in [2.45, 2.75) is 45.4 Å². The Balaban J connectivity index is 1.54. The minimum absolute atomic E-state index is 0.0944. The maximum absolute atomic E-state index is 13.2. The lowest BCUT2D eigenvalue weighted by molar-refractivity contribution is -0.117. The highest BCUT2D eigenvalue weighted by molar-refractivity contribution is 7.17. The summed E-state index contributed by atoms with van der Waals surface area (Å²) in [6, 6.07) is 9.28. The average molecular weight is 454 g/mol. The van der Waals surface area contributed by atoms with Crippen molar-refractivity contribution in [3.8, 4) is 0 Å². The first-order chi connectivity index (χ1) is 15.6. The van der Waals surface area contributed by atoms with E-state index < -0.39 is 5.69 Å². The van der Waals surface area contributed by atoms with Gasteiger partial charge in [0.25, 0.3) is 5.56 Å². The standard InChI is InChI=1S/C22H23N5O4S/c1-2-14-6-3-4-8-16(14)23-18(28)13-26-22(30)27-17-9-11-32-19(17)20(29)25(21(27)24-26)12-15-7-5-10-31-15/h3-4,6,8-9,11,15H,2,5,7,10,12-13H2,1H3,(H,23,28). The number of fused-ring (bicyclic) bond motifs is 3. The number of hydrogen-bond acceptors (Lipinski definition) is 6. The highest BCUT2D eigenvalue weighted by Crippen LogP contribution is 2.20. The first-order valence-electron chi connectivity index (χ1n) is 10.7. The minimum Gasteiger partial charge on any atom is -0.376 e. The van der Waals surface area contributed by atoms with Gasteiger partial charge >= 0.3 is 5.69 Å². The van der Waals surface area contributed by atoms with Crippen LogP contribution in [0, 0.1) is 0 Å². The van der Waals surface area contributed by atoms with Gasteiger partial charge in [0.15, 0.2) is 0 Å². The Bertz CT molecular complexity index is 1420. The van der Waals surface area contributed by atoms with Crippen molar-refractivity contribution in [3.05, 3.63) is 62.1 Å². The Hall–Kier alpha value is -3.24. The summed E-state index contributed by atoms with van der Waals surface area (Å²) in [5, 5.41) is 9.03. The Morgan fingerprint density at radius 1 is 1.28 bits per heavy atom. The molecule has 0 spiro atoms. The number of hydrogen-bond donors (Lipinski definition) is 1.